The predicted octanol–water partition coefficient (Wildman–Crippen LogP) is 3.71. The first-order chi connectivity index (χ1) is 12.4. The molecule has 0 spiro atoms. The Labute approximate surface area is 161 Å². The summed E-state index contributed by atoms with van der Waals surface area (Å²) in [7, 11) is 1.61. The molecule has 1 aliphatic rings. The van der Waals surface area contributed by atoms with Crippen LogP contribution in [0.1, 0.15) is 22.8 Å². The highest BCUT2D eigenvalue weighted by Gasteiger charge is 2.29. The third-order valence-electron chi connectivity index (χ3n) is 4.36. The lowest BCUT2D eigenvalue weighted by atomic mass is 10.1. The van der Waals surface area contributed by atoms with Crippen molar-refractivity contribution in [3.63, 3.8) is 0 Å². The highest BCUT2D eigenvalue weighted by Crippen LogP contribution is 2.31. The Morgan fingerprint density at radius 2 is 2.00 bits per heavy atom. The van der Waals surface area contributed by atoms with Crippen molar-refractivity contribution in [1.29, 1.82) is 0 Å². The number of nitrogens with zero attached hydrogens (tertiary/aromatic N) is 1. The SMILES string of the molecule is COc1ccc2c(c1)CCN2C(=O)[C@@H](C)NC(=O)c1cccc(Cl)c1Cl. The number of carbonyl (C=O) groups is 2. The molecule has 0 aromatic heterocycles. The van der Waals surface area contributed by atoms with Crippen molar-refractivity contribution in [2.75, 3.05) is 18.6 Å². The largest absolute Gasteiger partial charge is 0.497 e. The number of benzene rings is 2. The third kappa shape index (κ3) is 3.50. The first-order valence-corrected chi connectivity index (χ1v) is 8.91. The molecular weight excluding hydrogens is 375 g/mol. The normalized spacial score (nSPS) is 13.9. The van der Waals surface area contributed by atoms with Gasteiger partial charge >= 0.3 is 0 Å². The van der Waals surface area contributed by atoms with Crippen LogP contribution in [0.2, 0.25) is 10.0 Å². The number of fused-ring (bicyclic) bond motifs is 1. The van der Waals surface area contributed by atoms with Gasteiger partial charge in [-0.2, -0.15) is 0 Å². The van der Waals surface area contributed by atoms with Gasteiger partial charge in [0.25, 0.3) is 5.91 Å². The Morgan fingerprint density at radius 3 is 2.73 bits per heavy atom. The fourth-order valence-corrected chi connectivity index (χ4v) is 3.37. The number of anilines is 1. The van der Waals surface area contributed by atoms with Crippen LogP contribution in [0.15, 0.2) is 36.4 Å². The minimum Gasteiger partial charge on any atom is -0.497 e. The molecule has 0 saturated heterocycles. The van der Waals surface area contributed by atoms with E-state index in [0.29, 0.717) is 11.6 Å². The van der Waals surface area contributed by atoms with Gasteiger partial charge in [0, 0.05) is 12.2 Å². The average Bonchev–Trinajstić information content (AvgIpc) is 3.06. The van der Waals surface area contributed by atoms with E-state index in [0.717, 1.165) is 23.4 Å². The maximum absolute atomic E-state index is 12.8. The summed E-state index contributed by atoms with van der Waals surface area (Å²) in [4.78, 5) is 26.9. The lowest BCUT2D eigenvalue weighted by molar-refractivity contribution is -0.119. The van der Waals surface area contributed by atoms with E-state index in [-0.39, 0.29) is 16.5 Å². The maximum Gasteiger partial charge on any atom is 0.253 e. The number of halogens is 2. The molecule has 2 aromatic carbocycles. The van der Waals surface area contributed by atoms with Gasteiger partial charge in [0.05, 0.1) is 22.7 Å². The number of carbonyl (C=O) groups excluding carboxylic acids is 2. The van der Waals surface area contributed by atoms with E-state index < -0.39 is 11.9 Å². The standard InChI is InChI=1S/C19H18Cl2N2O3/c1-11(22-18(24)14-4-3-5-15(20)17(14)21)19(25)23-9-8-12-10-13(26-2)6-7-16(12)23/h3-7,10-11H,8-9H2,1-2H3,(H,22,24)/t11-/m1/s1. The Bertz CT molecular complexity index is 870. The van der Waals surface area contributed by atoms with E-state index in [1.165, 1.54) is 0 Å². The number of rotatable bonds is 4. The molecular formula is C19H18Cl2N2O3. The minimum absolute atomic E-state index is 0.171. The molecule has 0 saturated carbocycles. The van der Waals surface area contributed by atoms with Gasteiger partial charge in [-0.05, 0) is 49.2 Å². The Balaban J connectivity index is 1.73. The smallest absolute Gasteiger partial charge is 0.253 e. The van der Waals surface area contributed by atoms with Crippen LogP contribution in [0.25, 0.3) is 0 Å². The van der Waals surface area contributed by atoms with E-state index in [1.54, 1.807) is 37.1 Å². The van der Waals surface area contributed by atoms with Crippen molar-refractivity contribution >= 4 is 40.7 Å². The van der Waals surface area contributed by atoms with Gasteiger partial charge in [0.15, 0.2) is 0 Å². The van der Waals surface area contributed by atoms with E-state index in [1.807, 2.05) is 18.2 Å². The topological polar surface area (TPSA) is 58.6 Å². The second-order valence-electron chi connectivity index (χ2n) is 6.03. The number of amides is 2. The van der Waals surface area contributed by atoms with Gasteiger partial charge in [-0.25, -0.2) is 0 Å². The van der Waals surface area contributed by atoms with Crippen molar-refractivity contribution < 1.29 is 14.3 Å². The van der Waals surface area contributed by atoms with Gasteiger partial charge in [-0.1, -0.05) is 29.3 Å². The summed E-state index contributed by atoms with van der Waals surface area (Å²) in [6, 6.07) is 9.71. The van der Waals surface area contributed by atoms with Gasteiger partial charge in [0.1, 0.15) is 11.8 Å². The van der Waals surface area contributed by atoms with Crippen molar-refractivity contribution in [2.24, 2.45) is 0 Å². The summed E-state index contributed by atoms with van der Waals surface area (Å²) in [5, 5.41) is 3.16. The Hall–Kier alpha value is -2.24. The summed E-state index contributed by atoms with van der Waals surface area (Å²) in [5.41, 5.74) is 2.14. The van der Waals surface area contributed by atoms with E-state index in [4.69, 9.17) is 27.9 Å². The summed E-state index contributed by atoms with van der Waals surface area (Å²) < 4.78 is 5.22. The summed E-state index contributed by atoms with van der Waals surface area (Å²) in [6.07, 6.45) is 0.749. The fraction of sp³-hybridized carbons (Fsp3) is 0.263. The van der Waals surface area contributed by atoms with Crippen molar-refractivity contribution in [2.45, 2.75) is 19.4 Å². The lowest BCUT2D eigenvalue weighted by Crippen LogP contribution is -2.46. The van der Waals surface area contributed by atoms with Crippen LogP contribution in [0.5, 0.6) is 5.75 Å². The molecule has 7 heteroatoms. The molecule has 26 heavy (non-hydrogen) atoms. The van der Waals surface area contributed by atoms with E-state index >= 15 is 0 Å². The summed E-state index contributed by atoms with van der Waals surface area (Å²) in [5.74, 6) is 0.142. The van der Waals surface area contributed by atoms with Crippen LogP contribution in [0, 0.1) is 0 Å². The number of hydrogen-bond acceptors (Lipinski definition) is 3. The molecule has 0 bridgehead atoms. The maximum atomic E-state index is 12.8. The molecule has 0 unspecified atom stereocenters. The van der Waals surface area contributed by atoms with Crippen LogP contribution >= 0.6 is 23.2 Å². The molecule has 0 fully saturated rings. The number of ether oxygens (including phenoxy) is 1. The fourth-order valence-electron chi connectivity index (χ4n) is 2.98. The van der Waals surface area contributed by atoms with Crippen LogP contribution in [0.3, 0.4) is 0 Å². The highest BCUT2D eigenvalue weighted by molar-refractivity contribution is 6.43. The van der Waals surface area contributed by atoms with E-state index in [9.17, 15) is 9.59 Å². The van der Waals surface area contributed by atoms with Crippen molar-refractivity contribution in [3.05, 3.63) is 57.6 Å². The van der Waals surface area contributed by atoms with Crippen LogP contribution in [-0.2, 0) is 11.2 Å². The first-order valence-electron chi connectivity index (χ1n) is 8.15. The second kappa shape index (κ2) is 7.56. The molecule has 1 N–H and O–H groups in total. The molecule has 2 aromatic rings. The zero-order valence-electron chi connectivity index (χ0n) is 14.4. The molecule has 3 rings (SSSR count). The minimum atomic E-state index is -0.703. The average molecular weight is 393 g/mol. The summed E-state index contributed by atoms with van der Waals surface area (Å²) >= 11 is 12.0. The molecule has 2 amide bonds. The molecule has 136 valence electrons. The Kier molecular flexibility index (Phi) is 5.39. The van der Waals surface area contributed by atoms with Crippen LogP contribution in [0.4, 0.5) is 5.69 Å². The zero-order valence-corrected chi connectivity index (χ0v) is 15.9. The number of nitrogens with one attached hydrogen (secondary N) is 1. The molecule has 1 atom stereocenters. The van der Waals surface area contributed by atoms with Gasteiger partial charge in [-0.3, -0.25) is 9.59 Å². The van der Waals surface area contributed by atoms with Crippen LogP contribution in [-0.4, -0.2) is 31.5 Å². The van der Waals surface area contributed by atoms with E-state index in [2.05, 4.69) is 5.32 Å². The quantitative estimate of drug-likeness (QED) is 0.862. The lowest BCUT2D eigenvalue weighted by Gasteiger charge is -2.22. The van der Waals surface area contributed by atoms with Crippen LogP contribution < -0.4 is 15.0 Å². The summed E-state index contributed by atoms with van der Waals surface area (Å²) in [6.45, 7) is 2.22. The van der Waals surface area contributed by atoms with Gasteiger partial charge < -0.3 is 15.0 Å². The number of methoxy groups -OCH3 is 1. The molecule has 5 nitrogen and oxygen atoms in total. The monoisotopic (exact) mass is 392 g/mol. The van der Waals surface area contributed by atoms with Gasteiger partial charge in [-0.15, -0.1) is 0 Å². The van der Waals surface area contributed by atoms with Gasteiger partial charge in [0.2, 0.25) is 5.91 Å². The van der Waals surface area contributed by atoms with Crippen molar-refractivity contribution in [3.8, 4) is 5.75 Å². The highest BCUT2D eigenvalue weighted by atomic mass is 35.5. The zero-order chi connectivity index (χ0) is 18.8. The molecule has 1 aliphatic heterocycles. The first kappa shape index (κ1) is 18.5. The number of hydrogen-bond donors (Lipinski definition) is 1. The predicted molar refractivity (Wildman–Crippen MR) is 102 cm³/mol. The molecule has 1 heterocycles. The third-order valence-corrected chi connectivity index (χ3v) is 5.18. The van der Waals surface area contributed by atoms with Crippen molar-refractivity contribution in [1.82, 2.24) is 5.32 Å². The molecule has 0 aliphatic carbocycles. The second-order valence-corrected chi connectivity index (χ2v) is 6.82. The molecule has 0 radical (unpaired) electrons. The Morgan fingerprint density at radius 1 is 1.23 bits per heavy atom.